The molecule has 1 unspecified atom stereocenters. The van der Waals surface area contributed by atoms with Crippen LogP contribution in [0.15, 0.2) is 65.7 Å². The second kappa shape index (κ2) is 7.87. The lowest BCUT2D eigenvalue weighted by Crippen LogP contribution is -2.35. The Morgan fingerprint density at radius 1 is 1.39 bits per heavy atom. The highest BCUT2D eigenvalue weighted by Crippen LogP contribution is 2.38. The van der Waals surface area contributed by atoms with Crippen LogP contribution in [0, 0.1) is 10.1 Å². The maximum Gasteiger partial charge on any atom is 0.269 e. The van der Waals surface area contributed by atoms with Crippen LogP contribution in [0.25, 0.3) is 0 Å². The number of nitro groups is 1. The molecule has 3 rings (SSSR count). The fraction of sp³-hybridized carbons (Fsp3) is 0.211. The number of imidazole rings is 1. The van der Waals surface area contributed by atoms with E-state index >= 15 is 0 Å². The Morgan fingerprint density at radius 2 is 2.11 bits per heavy atom. The average Bonchev–Trinajstić information content (AvgIpc) is 3.23. The number of aromatic nitrogens is 2. The summed E-state index contributed by atoms with van der Waals surface area (Å²) in [6.45, 7) is 3.72. The van der Waals surface area contributed by atoms with Crippen molar-refractivity contribution in [2.45, 2.75) is 26.2 Å². The van der Waals surface area contributed by atoms with Crippen LogP contribution in [0.4, 0.5) is 5.69 Å². The van der Waals surface area contributed by atoms with E-state index in [-0.39, 0.29) is 11.6 Å². The molecule has 0 fully saturated rings. The van der Waals surface area contributed by atoms with Crippen molar-refractivity contribution in [2.75, 3.05) is 0 Å². The summed E-state index contributed by atoms with van der Waals surface area (Å²) in [7, 11) is 0. The van der Waals surface area contributed by atoms with Gasteiger partial charge in [-0.25, -0.2) is 4.98 Å². The molecule has 9 nitrogen and oxygen atoms in total. The molecule has 9 heteroatoms. The number of hydrogen-bond acceptors (Lipinski definition) is 6. The topological polar surface area (TPSA) is 119 Å². The fourth-order valence-corrected chi connectivity index (χ4v) is 3.32. The number of amides is 1. The lowest BCUT2D eigenvalue weighted by molar-refractivity contribution is -0.384. The molecule has 1 amide bonds. The fourth-order valence-electron chi connectivity index (χ4n) is 3.32. The van der Waals surface area contributed by atoms with Crippen molar-refractivity contribution in [1.82, 2.24) is 20.2 Å². The molecule has 1 aromatic heterocycles. The van der Waals surface area contributed by atoms with Gasteiger partial charge in [-0.05, 0) is 18.9 Å². The highest BCUT2D eigenvalue weighted by molar-refractivity contribution is 5.98. The van der Waals surface area contributed by atoms with E-state index in [9.17, 15) is 19.7 Å². The van der Waals surface area contributed by atoms with E-state index in [4.69, 9.17) is 0 Å². The molecular weight excluding hydrogens is 362 g/mol. The van der Waals surface area contributed by atoms with Gasteiger partial charge in [0.2, 0.25) is 6.41 Å². The predicted molar refractivity (Wildman–Crippen MR) is 101 cm³/mol. The van der Waals surface area contributed by atoms with Crippen molar-refractivity contribution in [1.29, 1.82) is 0 Å². The number of non-ortho nitro benzene ring substituents is 1. The van der Waals surface area contributed by atoms with Gasteiger partial charge < -0.3 is 10.6 Å². The molecule has 2 heterocycles. The van der Waals surface area contributed by atoms with Gasteiger partial charge in [0.15, 0.2) is 0 Å². The minimum Gasteiger partial charge on any atom is -0.361 e. The summed E-state index contributed by atoms with van der Waals surface area (Å²) in [5.74, 6) is -0.875. The van der Waals surface area contributed by atoms with Crippen LogP contribution < -0.4 is 10.6 Å². The molecule has 2 aromatic rings. The number of nitrogens with one attached hydrogen (secondary N) is 2. The van der Waals surface area contributed by atoms with Crippen molar-refractivity contribution in [3.63, 3.8) is 0 Å². The Bertz CT molecular complexity index is 974. The molecule has 0 aliphatic carbocycles. The second-order valence-electron chi connectivity index (χ2n) is 6.23. The van der Waals surface area contributed by atoms with E-state index in [1.807, 2.05) is 6.92 Å². The summed E-state index contributed by atoms with van der Waals surface area (Å²) in [6, 6.07) is 5.97. The molecular formula is C19H19N5O4. The van der Waals surface area contributed by atoms with E-state index in [0.717, 1.165) is 5.70 Å². The van der Waals surface area contributed by atoms with Gasteiger partial charge in [0.05, 0.1) is 16.4 Å². The van der Waals surface area contributed by atoms with Crippen LogP contribution in [0.1, 0.15) is 36.5 Å². The molecule has 1 aliphatic rings. The monoisotopic (exact) mass is 381 g/mol. The molecule has 0 radical (unpaired) electrons. The summed E-state index contributed by atoms with van der Waals surface area (Å²) in [5.41, 5.74) is 3.00. The van der Waals surface area contributed by atoms with Gasteiger partial charge in [0, 0.05) is 41.6 Å². The largest absolute Gasteiger partial charge is 0.361 e. The smallest absolute Gasteiger partial charge is 0.269 e. The maximum absolute atomic E-state index is 13.2. The predicted octanol–water partition coefficient (Wildman–Crippen LogP) is 2.46. The first-order valence-corrected chi connectivity index (χ1v) is 8.66. The van der Waals surface area contributed by atoms with Crippen LogP contribution in [0.5, 0.6) is 0 Å². The van der Waals surface area contributed by atoms with Crippen LogP contribution in [0.2, 0.25) is 0 Å². The summed E-state index contributed by atoms with van der Waals surface area (Å²) < 4.78 is 1.37. The Morgan fingerprint density at radius 3 is 2.64 bits per heavy atom. The molecule has 2 N–H and O–H groups in total. The number of rotatable bonds is 6. The summed E-state index contributed by atoms with van der Waals surface area (Å²) in [4.78, 5) is 38.9. The van der Waals surface area contributed by atoms with E-state index in [1.165, 1.54) is 29.2 Å². The van der Waals surface area contributed by atoms with Crippen molar-refractivity contribution >= 4 is 18.0 Å². The lowest BCUT2D eigenvalue weighted by atomic mass is 9.82. The lowest BCUT2D eigenvalue weighted by Gasteiger charge is -2.32. The van der Waals surface area contributed by atoms with Gasteiger partial charge in [-0.1, -0.05) is 19.1 Å². The van der Waals surface area contributed by atoms with Crippen molar-refractivity contribution in [2.24, 2.45) is 0 Å². The van der Waals surface area contributed by atoms with Gasteiger partial charge in [-0.2, -0.15) is 0 Å². The molecule has 144 valence electrons. The van der Waals surface area contributed by atoms with Crippen LogP contribution >= 0.6 is 0 Å². The highest BCUT2D eigenvalue weighted by atomic mass is 16.6. The summed E-state index contributed by atoms with van der Waals surface area (Å²) >= 11 is 0. The number of carbonyl (C=O) groups is 2. The number of dihydropyridines is 1. The molecule has 1 aromatic carbocycles. The molecule has 1 atom stereocenters. The van der Waals surface area contributed by atoms with Crippen LogP contribution in [-0.4, -0.2) is 26.8 Å². The number of nitro benzene ring substituents is 1. The summed E-state index contributed by atoms with van der Waals surface area (Å²) in [6.07, 6.45) is 5.58. The van der Waals surface area contributed by atoms with Gasteiger partial charge in [0.1, 0.15) is 6.33 Å². The average molecular weight is 381 g/mol. The quantitative estimate of drug-likeness (QED) is 0.451. The SMILES string of the molecule is CCC1=C(C(=O)n2ccnc2)C(c2ccc([N+](=O)[O-])cc2)C(NC=O)=C(C)N1. The minimum absolute atomic E-state index is 0.0505. The van der Waals surface area contributed by atoms with E-state index in [1.54, 1.807) is 25.3 Å². The van der Waals surface area contributed by atoms with Crippen LogP contribution in [0.3, 0.4) is 0 Å². The van der Waals surface area contributed by atoms with Gasteiger partial charge in [-0.3, -0.25) is 24.3 Å². The third kappa shape index (κ3) is 3.41. The van der Waals surface area contributed by atoms with Crippen LogP contribution in [-0.2, 0) is 4.79 Å². The number of hydrogen-bond donors (Lipinski definition) is 2. The molecule has 0 saturated heterocycles. The first kappa shape index (κ1) is 19.0. The Hall–Kier alpha value is -3.75. The zero-order valence-corrected chi connectivity index (χ0v) is 15.4. The zero-order chi connectivity index (χ0) is 20.3. The van der Waals surface area contributed by atoms with Crippen molar-refractivity contribution in [3.8, 4) is 0 Å². The Labute approximate surface area is 160 Å². The molecule has 0 bridgehead atoms. The maximum atomic E-state index is 13.2. The number of carbonyl (C=O) groups excluding carboxylic acids is 2. The van der Waals surface area contributed by atoms with Gasteiger partial charge >= 0.3 is 0 Å². The highest BCUT2D eigenvalue weighted by Gasteiger charge is 2.34. The third-order valence-corrected chi connectivity index (χ3v) is 4.62. The zero-order valence-electron chi connectivity index (χ0n) is 15.4. The van der Waals surface area contributed by atoms with E-state index < -0.39 is 10.8 Å². The summed E-state index contributed by atoms with van der Waals surface area (Å²) in [5, 5.41) is 16.9. The molecule has 0 spiro atoms. The van der Waals surface area contributed by atoms with Crippen molar-refractivity contribution < 1.29 is 14.5 Å². The second-order valence-corrected chi connectivity index (χ2v) is 6.23. The Balaban J connectivity index is 2.18. The minimum atomic E-state index is -0.586. The molecule has 28 heavy (non-hydrogen) atoms. The van der Waals surface area contributed by atoms with Gasteiger partial charge in [0.25, 0.3) is 11.6 Å². The molecule has 1 aliphatic heterocycles. The number of nitrogens with zero attached hydrogens (tertiary/aromatic N) is 3. The van der Waals surface area contributed by atoms with Gasteiger partial charge in [-0.15, -0.1) is 0 Å². The Kier molecular flexibility index (Phi) is 5.35. The normalized spacial score (nSPS) is 16.6. The first-order chi connectivity index (χ1) is 13.5. The number of benzene rings is 1. The van der Waals surface area contributed by atoms with Crippen molar-refractivity contribution in [3.05, 3.63) is 81.3 Å². The molecule has 0 saturated carbocycles. The van der Waals surface area contributed by atoms with E-state index in [2.05, 4.69) is 15.6 Å². The third-order valence-electron chi connectivity index (χ3n) is 4.62. The van der Waals surface area contributed by atoms with E-state index in [0.29, 0.717) is 35.4 Å². The first-order valence-electron chi connectivity index (χ1n) is 8.66. The number of allylic oxidation sites excluding steroid dienone is 3. The standard InChI is InChI=1S/C19H19N5O4/c1-3-15-17(19(26)23-9-8-20-10-23)16(18(21-11-25)12(2)22-15)13-4-6-14(7-5-13)24(27)28/h4-11,16,22H,3H2,1-2H3,(H,21,25).